The average Bonchev–Trinajstić information content (AvgIpc) is 2.19. The molecule has 0 heterocycles. The molecule has 0 radical (unpaired) electrons. The van der Waals surface area contributed by atoms with Crippen molar-refractivity contribution in [2.75, 3.05) is 5.32 Å². The SMILES string of the molecule is N#Cc1ccc(OC(F)F)c(NC(N)=O)c1. The minimum absolute atomic E-state index is 0.0770. The summed E-state index contributed by atoms with van der Waals surface area (Å²) in [6, 6.07) is 4.46. The van der Waals surface area contributed by atoms with Crippen LogP contribution >= 0.6 is 0 Å². The van der Waals surface area contributed by atoms with Gasteiger partial charge >= 0.3 is 12.6 Å². The fourth-order valence-electron chi connectivity index (χ4n) is 1.03. The molecule has 1 aromatic carbocycles. The highest BCUT2D eigenvalue weighted by atomic mass is 19.3. The highest BCUT2D eigenvalue weighted by molar-refractivity contribution is 5.89. The van der Waals surface area contributed by atoms with Crippen molar-refractivity contribution in [2.45, 2.75) is 6.61 Å². The summed E-state index contributed by atoms with van der Waals surface area (Å²) in [6.07, 6.45) is 0. The van der Waals surface area contributed by atoms with E-state index >= 15 is 0 Å². The number of benzene rings is 1. The number of alkyl halides is 2. The number of halogens is 2. The summed E-state index contributed by atoms with van der Waals surface area (Å²) in [5.74, 6) is -0.257. The Kier molecular flexibility index (Phi) is 3.61. The molecule has 0 saturated carbocycles. The zero-order valence-corrected chi connectivity index (χ0v) is 7.91. The van der Waals surface area contributed by atoms with E-state index in [9.17, 15) is 13.6 Å². The minimum atomic E-state index is -3.03. The van der Waals surface area contributed by atoms with Gasteiger partial charge in [0.2, 0.25) is 0 Å². The smallest absolute Gasteiger partial charge is 0.387 e. The van der Waals surface area contributed by atoms with E-state index in [1.54, 1.807) is 6.07 Å². The molecule has 3 N–H and O–H groups in total. The molecule has 1 aromatic rings. The third-order valence-corrected chi connectivity index (χ3v) is 1.58. The Morgan fingerprint density at radius 2 is 2.25 bits per heavy atom. The second-order valence-corrected chi connectivity index (χ2v) is 2.69. The van der Waals surface area contributed by atoms with E-state index in [4.69, 9.17) is 11.0 Å². The van der Waals surface area contributed by atoms with E-state index in [0.29, 0.717) is 0 Å². The molecule has 84 valence electrons. The van der Waals surface area contributed by atoms with E-state index in [-0.39, 0.29) is 17.0 Å². The lowest BCUT2D eigenvalue weighted by atomic mass is 10.2. The normalized spacial score (nSPS) is 9.62. The first-order chi connectivity index (χ1) is 7.52. The van der Waals surface area contributed by atoms with Crippen molar-refractivity contribution in [1.29, 1.82) is 5.26 Å². The Morgan fingerprint density at radius 1 is 1.56 bits per heavy atom. The van der Waals surface area contributed by atoms with Gasteiger partial charge in [-0.15, -0.1) is 0 Å². The summed E-state index contributed by atoms with van der Waals surface area (Å²) < 4.78 is 28.1. The molecule has 5 nitrogen and oxygen atoms in total. The topological polar surface area (TPSA) is 88.1 Å². The van der Waals surface area contributed by atoms with Crippen molar-refractivity contribution in [3.05, 3.63) is 23.8 Å². The summed E-state index contributed by atoms with van der Waals surface area (Å²) in [5, 5.41) is 10.7. The number of hydrogen-bond acceptors (Lipinski definition) is 3. The third-order valence-electron chi connectivity index (χ3n) is 1.58. The molecular weight excluding hydrogens is 220 g/mol. The molecule has 1 rings (SSSR count). The van der Waals surface area contributed by atoms with Gasteiger partial charge in [0.15, 0.2) is 0 Å². The van der Waals surface area contributed by atoms with Crippen molar-refractivity contribution in [1.82, 2.24) is 0 Å². The first kappa shape index (κ1) is 11.7. The molecular formula is C9H7F2N3O2. The van der Waals surface area contributed by atoms with Crippen LogP contribution in [0.1, 0.15) is 5.56 Å². The lowest BCUT2D eigenvalue weighted by molar-refractivity contribution is -0.0493. The molecule has 0 aliphatic carbocycles. The van der Waals surface area contributed by atoms with Gasteiger partial charge < -0.3 is 15.8 Å². The number of carbonyl (C=O) groups excluding carboxylic acids is 1. The molecule has 0 aromatic heterocycles. The molecule has 7 heteroatoms. The Balaban J connectivity index is 3.06. The maximum Gasteiger partial charge on any atom is 0.387 e. The summed E-state index contributed by atoms with van der Waals surface area (Å²) in [4.78, 5) is 10.6. The Bertz CT molecular complexity index is 443. The first-order valence-corrected chi connectivity index (χ1v) is 4.08. The van der Waals surface area contributed by atoms with Crippen LogP contribution in [-0.2, 0) is 0 Å². The lowest BCUT2D eigenvalue weighted by Gasteiger charge is -2.10. The summed E-state index contributed by atoms with van der Waals surface area (Å²) in [5.41, 5.74) is 4.95. The number of rotatable bonds is 3. The fourth-order valence-corrected chi connectivity index (χ4v) is 1.03. The number of nitrogens with one attached hydrogen (secondary N) is 1. The summed E-state index contributed by atoms with van der Waals surface area (Å²) in [6.45, 7) is -3.03. The number of primary amides is 1. The van der Waals surface area contributed by atoms with Gasteiger partial charge in [0, 0.05) is 0 Å². The van der Waals surface area contributed by atoms with Gasteiger partial charge in [0.25, 0.3) is 0 Å². The second kappa shape index (κ2) is 4.93. The number of ether oxygens (including phenoxy) is 1. The number of urea groups is 1. The van der Waals surface area contributed by atoms with Crippen molar-refractivity contribution in [2.24, 2.45) is 5.73 Å². The van der Waals surface area contributed by atoms with E-state index in [2.05, 4.69) is 10.1 Å². The number of amides is 2. The highest BCUT2D eigenvalue weighted by Crippen LogP contribution is 2.26. The Hall–Kier alpha value is -2.36. The monoisotopic (exact) mass is 227 g/mol. The number of carbonyl (C=O) groups is 1. The molecule has 0 saturated heterocycles. The summed E-state index contributed by atoms with van der Waals surface area (Å²) in [7, 11) is 0. The Labute approximate surface area is 89.4 Å². The third kappa shape index (κ3) is 3.09. The van der Waals surface area contributed by atoms with E-state index < -0.39 is 12.6 Å². The van der Waals surface area contributed by atoms with Crippen LogP contribution in [0.15, 0.2) is 18.2 Å². The quantitative estimate of drug-likeness (QED) is 0.822. The van der Waals surface area contributed by atoms with Crippen molar-refractivity contribution >= 4 is 11.7 Å². The first-order valence-electron chi connectivity index (χ1n) is 4.08. The van der Waals surface area contributed by atoms with E-state index in [1.807, 2.05) is 0 Å². The zero-order chi connectivity index (χ0) is 12.1. The van der Waals surface area contributed by atoms with Crippen molar-refractivity contribution in [3.8, 4) is 11.8 Å². The predicted octanol–water partition coefficient (Wildman–Crippen LogP) is 1.65. The van der Waals surface area contributed by atoms with Crippen molar-refractivity contribution in [3.63, 3.8) is 0 Å². The van der Waals surface area contributed by atoms with Crippen LogP contribution in [0.2, 0.25) is 0 Å². The van der Waals surface area contributed by atoms with Crippen LogP contribution in [0.25, 0.3) is 0 Å². The van der Waals surface area contributed by atoms with Crippen molar-refractivity contribution < 1.29 is 18.3 Å². The maximum atomic E-state index is 12.0. The van der Waals surface area contributed by atoms with E-state index in [0.717, 1.165) is 6.07 Å². The highest BCUT2D eigenvalue weighted by Gasteiger charge is 2.11. The van der Waals surface area contributed by atoms with Gasteiger partial charge in [-0.2, -0.15) is 14.0 Å². The predicted molar refractivity (Wildman–Crippen MR) is 51.0 cm³/mol. The van der Waals surface area contributed by atoms with Crippen LogP contribution in [0, 0.1) is 11.3 Å². The van der Waals surface area contributed by atoms with Crippen LogP contribution in [0.3, 0.4) is 0 Å². The standard InChI is InChI=1S/C9H7F2N3O2/c10-8(11)16-7-2-1-5(4-12)3-6(7)14-9(13)15/h1-3,8H,(H3,13,14,15). The molecule has 2 amide bonds. The maximum absolute atomic E-state index is 12.0. The molecule has 0 bridgehead atoms. The van der Waals surface area contributed by atoms with Gasteiger partial charge in [-0.25, -0.2) is 4.79 Å². The molecule has 16 heavy (non-hydrogen) atoms. The number of nitriles is 1. The summed E-state index contributed by atoms with van der Waals surface area (Å²) >= 11 is 0. The number of anilines is 1. The molecule has 0 aliphatic rings. The Morgan fingerprint density at radius 3 is 2.75 bits per heavy atom. The van der Waals surface area contributed by atoms with Gasteiger partial charge in [-0.1, -0.05) is 0 Å². The molecule has 0 unspecified atom stereocenters. The number of hydrogen-bond donors (Lipinski definition) is 2. The van der Waals surface area contributed by atoms with E-state index in [1.165, 1.54) is 12.1 Å². The fraction of sp³-hybridized carbons (Fsp3) is 0.111. The molecule has 0 fully saturated rings. The van der Waals surface area contributed by atoms with Gasteiger partial charge in [-0.3, -0.25) is 0 Å². The van der Waals surface area contributed by atoms with Gasteiger partial charge in [0.05, 0.1) is 17.3 Å². The van der Waals surface area contributed by atoms with Crippen LogP contribution in [0.5, 0.6) is 5.75 Å². The lowest BCUT2D eigenvalue weighted by Crippen LogP contribution is -2.20. The van der Waals surface area contributed by atoms with Crippen LogP contribution < -0.4 is 15.8 Å². The van der Waals surface area contributed by atoms with Gasteiger partial charge in [-0.05, 0) is 18.2 Å². The molecule has 0 atom stereocenters. The minimum Gasteiger partial charge on any atom is -0.433 e. The molecule has 0 spiro atoms. The zero-order valence-electron chi connectivity index (χ0n) is 7.91. The molecule has 0 aliphatic heterocycles. The van der Waals surface area contributed by atoms with Crippen LogP contribution in [0.4, 0.5) is 19.3 Å². The van der Waals surface area contributed by atoms with Gasteiger partial charge in [0.1, 0.15) is 5.75 Å². The number of nitrogens with two attached hydrogens (primary N) is 1. The van der Waals surface area contributed by atoms with Crippen LogP contribution in [-0.4, -0.2) is 12.6 Å². The number of nitrogens with zero attached hydrogens (tertiary/aromatic N) is 1. The average molecular weight is 227 g/mol. The second-order valence-electron chi connectivity index (χ2n) is 2.69. The largest absolute Gasteiger partial charge is 0.433 e.